The van der Waals surface area contributed by atoms with Crippen molar-refractivity contribution in [1.29, 1.82) is 0 Å². The highest BCUT2D eigenvalue weighted by Gasteiger charge is 2.02. The molecule has 0 fully saturated rings. The van der Waals surface area contributed by atoms with E-state index in [4.69, 9.17) is 0 Å². The molecular weight excluding hydrogens is 172 g/mol. The number of hydrogen-bond acceptors (Lipinski definition) is 2. The highest BCUT2D eigenvalue weighted by Crippen LogP contribution is 2.16. The van der Waals surface area contributed by atoms with Crippen molar-refractivity contribution in [3.63, 3.8) is 0 Å². The molecule has 1 aromatic heterocycles. The number of aryl methyl sites for hydroxylation is 1. The maximum absolute atomic E-state index is 4.17. The lowest BCUT2D eigenvalue weighted by molar-refractivity contribution is 0.789. The van der Waals surface area contributed by atoms with Crippen molar-refractivity contribution < 1.29 is 0 Å². The lowest BCUT2D eigenvalue weighted by Crippen LogP contribution is -2.11. The second-order valence-electron chi connectivity index (χ2n) is 3.94. The molecule has 0 aliphatic rings. The average Bonchev–Trinajstić information content (AvgIpc) is 2.16. The number of rotatable bonds is 5. The fraction of sp³-hybridized carbons (Fsp3) is 0.583. The summed E-state index contributed by atoms with van der Waals surface area (Å²) in [5, 5.41) is 3.44. The Morgan fingerprint density at radius 1 is 1.43 bits per heavy atom. The van der Waals surface area contributed by atoms with E-state index in [0.717, 1.165) is 6.42 Å². The average molecular weight is 192 g/mol. The first-order valence-electron chi connectivity index (χ1n) is 5.43. The molecule has 1 N–H and O–H groups in total. The molecular formula is C12H20N2. The number of hydrogen-bond donors (Lipinski definition) is 1. The van der Waals surface area contributed by atoms with Crippen LogP contribution in [0.5, 0.6) is 0 Å². The van der Waals surface area contributed by atoms with Crippen LogP contribution in [-0.4, -0.2) is 11.0 Å². The van der Waals surface area contributed by atoms with Crippen LogP contribution < -0.4 is 5.32 Å². The molecule has 14 heavy (non-hydrogen) atoms. The van der Waals surface area contributed by atoms with Crippen LogP contribution in [0.15, 0.2) is 18.5 Å². The molecule has 0 saturated heterocycles. The van der Waals surface area contributed by atoms with E-state index in [-0.39, 0.29) is 0 Å². The van der Waals surface area contributed by atoms with Crippen molar-refractivity contribution in [3.8, 4) is 0 Å². The van der Waals surface area contributed by atoms with E-state index < -0.39 is 0 Å². The summed E-state index contributed by atoms with van der Waals surface area (Å²) < 4.78 is 0. The number of pyridine rings is 1. The molecule has 1 heterocycles. The lowest BCUT2D eigenvalue weighted by Gasteiger charge is -2.13. The van der Waals surface area contributed by atoms with Gasteiger partial charge in [0.2, 0.25) is 0 Å². The van der Waals surface area contributed by atoms with Gasteiger partial charge in [-0.2, -0.15) is 0 Å². The lowest BCUT2D eigenvalue weighted by atomic mass is 10.1. The Balaban J connectivity index is 2.69. The number of anilines is 1. The fourth-order valence-corrected chi connectivity index (χ4v) is 1.45. The third-order valence-electron chi connectivity index (χ3n) is 2.15. The van der Waals surface area contributed by atoms with E-state index in [1.807, 2.05) is 12.4 Å². The van der Waals surface area contributed by atoms with Gasteiger partial charge in [0.15, 0.2) is 0 Å². The number of nitrogens with zero attached hydrogens (tertiary/aromatic N) is 1. The molecule has 0 aromatic carbocycles. The highest BCUT2D eigenvalue weighted by molar-refractivity contribution is 5.49. The number of unbranched alkanes of at least 4 members (excludes halogenated alkanes) is 1. The van der Waals surface area contributed by atoms with E-state index in [9.17, 15) is 0 Å². The summed E-state index contributed by atoms with van der Waals surface area (Å²) in [6, 6.07) is 2.54. The molecule has 0 amide bonds. The van der Waals surface area contributed by atoms with Gasteiger partial charge in [-0.15, -0.1) is 0 Å². The van der Waals surface area contributed by atoms with Gasteiger partial charge in [0, 0.05) is 24.1 Å². The van der Waals surface area contributed by atoms with Crippen molar-refractivity contribution >= 4 is 5.69 Å². The van der Waals surface area contributed by atoms with Crippen molar-refractivity contribution in [3.05, 3.63) is 24.0 Å². The van der Waals surface area contributed by atoms with Gasteiger partial charge in [0.1, 0.15) is 0 Å². The van der Waals surface area contributed by atoms with Gasteiger partial charge in [-0.05, 0) is 38.3 Å². The molecule has 0 radical (unpaired) electrons. The third kappa shape index (κ3) is 3.36. The van der Waals surface area contributed by atoms with Crippen LogP contribution in [0.4, 0.5) is 5.69 Å². The monoisotopic (exact) mass is 192 g/mol. The zero-order valence-corrected chi connectivity index (χ0v) is 9.38. The maximum Gasteiger partial charge on any atom is 0.0405 e. The van der Waals surface area contributed by atoms with Gasteiger partial charge in [-0.25, -0.2) is 0 Å². The Kier molecular flexibility index (Phi) is 4.44. The van der Waals surface area contributed by atoms with Crippen molar-refractivity contribution in [2.75, 3.05) is 5.32 Å². The highest BCUT2D eigenvalue weighted by atomic mass is 14.9. The summed E-state index contributed by atoms with van der Waals surface area (Å²) in [5.41, 5.74) is 2.58. The van der Waals surface area contributed by atoms with Gasteiger partial charge in [-0.1, -0.05) is 13.3 Å². The van der Waals surface area contributed by atoms with Crippen molar-refractivity contribution in [2.45, 2.75) is 46.1 Å². The Labute approximate surface area is 86.8 Å². The summed E-state index contributed by atoms with van der Waals surface area (Å²) in [6.07, 6.45) is 7.41. The molecule has 0 aliphatic carbocycles. The molecule has 1 rings (SSSR count). The Hall–Kier alpha value is -1.05. The molecule has 0 spiro atoms. The van der Waals surface area contributed by atoms with E-state index in [1.54, 1.807) is 0 Å². The largest absolute Gasteiger partial charge is 0.383 e. The Morgan fingerprint density at radius 2 is 2.21 bits per heavy atom. The van der Waals surface area contributed by atoms with E-state index >= 15 is 0 Å². The van der Waals surface area contributed by atoms with Gasteiger partial charge in [-0.3, -0.25) is 4.98 Å². The molecule has 2 heteroatoms. The minimum atomic E-state index is 0.484. The van der Waals surface area contributed by atoms with Crippen LogP contribution in [-0.2, 0) is 6.42 Å². The van der Waals surface area contributed by atoms with Gasteiger partial charge in [0.25, 0.3) is 0 Å². The van der Waals surface area contributed by atoms with Crippen LogP contribution in [0.25, 0.3) is 0 Å². The molecule has 0 aliphatic heterocycles. The zero-order chi connectivity index (χ0) is 10.4. The predicted octanol–water partition coefficient (Wildman–Crippen LogP) is 3.24. The van der Waals surface area contributed by atoms with Crippen LogP contribution in [0, 0.1) is 0 Å². The Bertz CT molecular complexity index is 269. The van der Waals surface area contributed by atoms with Gasteiger partial charge < -0.3 is 5.32 Å². The molecule has 2 nitrogen and oxygen atoms in total. The summed E-state index contributed by atoms with van der Waals surface area (Å²) in [4.78, 5) is 4.17. The topological polar surface area (TPSA) is 24.9 Å². The number of nitrogens with one attached hydrogen (secondary N) is 1. The standard InChI is InChI=1S/C12H20N2/c1-4-5-6-11-9-13-8-7-12(11)14-10(2)3/h7-10H,4-6H2,1-3H3,(H,13,14). The van der Waals surface area contributed by atoms with Crippen LogP contribution >= 0.6 is 0 Å². The quantitative estimate of drug-likeness (QED) is 0.774. The molecule has 0 saturated carbocycles. The smallest absolute Gasteiger partial charge is 0.0405 e. The minimum absolute atomic E-state index is 0.484. The third-order valence-corrected chi connectivity index (χ3v) is 2.15. The first-order chi connectivity index (χ1) is 6.74. The van der Waals surface area contributed by atoms with Crippen molar-refractivity contribution in [2.24, 2.45) is 0 Å². The maximum atomic E-state index is 4.17. The van der Waals surface area contributed by atoms with Crippen LogP contribution in [0.1, 0.15) is 39.2 Å². The molecule has 78 valence electrons. The van der Waals surface area contributed by atoms with E-state index in [2.05, 4.69) is 37.1 Å². The van der Waals surface area contributed by atoms with E-state index in [0.29, 0.717) is 6.04 Å². The zero-order valence-electron chi connectivity index (χ0n) is 9.38. The summed E-state index contributed by atoms with van der Waals surface area (Å²) in [6.45, 7) is 6.53. The number of aromatic nitrogens is 1. The molecule has 1 aromatic rings. The second kappa shape index (κ2) is 5.63. The normalized spacial score (nSPS) is 10.6. The minimum Gasteiger partial charge on any atom is -0.383 e. The van der Waals surface area contributed by atoms with Gasteiger partial charge in [0.05, 0.1) is 0 Å². The summed E-state index contributed by atoms with van der Waals surface area (Å²) in [7, 11) is 0. The predicted molar refractivity (Wildman–Crippen MR) is 61.6 cm³/mol. The van der Waals surface area contributed by atoms with Crippen LogP contribution in [0.2, 0.25) is 0 Å². The first-order valence-corrected chi connectivity index (χ1v) is 5.43. The molecule has 0 bridgehead atoms. The molecule has 0 unspecified atom stereocenters. The second-order valence-corrected chi connectivity index (χ2v) is 3.94. The molecule has 0 atom stereocenters. The first kappa shape index (κ1) is 11.0. The van der Waals surface area contributed by atoms with E-state index in [1.165, 1.54) is 24.1 Å². The Morgan fingerprint density at radius 3 is 2.86 bits per heavy atom. The fourth-order valence-electron chi connectivity index (χ4n) is 1.45. The summed E-state index contributed by atoms with van der Waals surface area (Å²) in [5.74, 6) is 0. The SMILES string of the molecule is CCCCc1cnccc1NC(C)C. The summed E-state index contributed by atoms with van der Waals surface area (Å²) >= 11 is 0. The van der Waals surface area contributed by atoms with Gasteiger partial charge >= 0.3 is 0 Å². The van der Waals surface area contributed by atoms with Crippen molar-refractivity contribution in [1.82, 2.24) is 4.98 Å². The van der Waals surface area contributed by atoms with Crippen LogP contribution in [0.3, 0.4) is 0 Å².